The van der Waals surface area contributed by atoms with Crippen LogP contribution < -0.4 is 5.32 Å². The first-order valence-electron chi connectivity index (χ1n) is 7.78. The topological polar surface area (TPSA) is 127 Å². The van der Waals surface area contributed by atoms with Gasteiger partial charge in [0, 0.05) is 42.6 Å². The van der Waals surface area contributed by atoms with Crippen molar-refractivity contribution in [3.05, 3.63) is 58.1 Å². The maximum absolute atomic E-state index is 12.4. The van der Waals surface area contributed by atoms with Gasteiger partial charge in [-0.25, -0.2) is 8.42 Å². The Morgan fingerprint density at radius 3 is 2.21 bits per heavy atom. The van der Waals surface area contributed by atoms with Crippen LogP contribution >= 0.6 is 11.8 Å². The highest BCUT2D eigenvalue weighted by molar-refractivity contribution is 8.13. The number of hydrogen-bond acceptors (Lipinski definition) is 7. The molecule has 0 radical (unpaired) electrons. The fourth-order valence-corrected chi connectivity index (χ4v) is 3.60. The number of nitro groups is 1. The molecule has 0 saturated heterocycles. The molecule has 2 amide bonds. The Morgan fingerprint density at radius 2 is 1.71 bits per heavy atom. The second-order valence-electron chi connectivity index (χ2n) is 5.95. The second-order valence-corrected chi connectivity index (χ2v) is 8.96. The number of amides is 2. The van der Waals surface area contributed by atoms with Crippen molar-refractivity contribution in [2.45, 2.75) is 9.79 Å². The highest BCUT2D eigenvalue weighted by atomic mass is 32.2. The Morgan fingerprint density at radius 1 is 1.11 bits per heavy atom. The zero-order valence-corrected chi connectivity index (χ0v) is 16.8. The molecule has 0 atom stereocenters. The Bertz CT molecular complexity index is 1030. The average molecular weight is 423 g/mol. The molecule has 148 valence electrons. The summed E-state index contributed by atoms with van der Waals surface area (Å²) in [5, 5.41) is 13.6. The lowest BCUT2D eigenvalue weighted by atomic mass is 10.2. The van der Waals surface area contributed by atoms with E-state index >= 15 is 0 Å². The minimum Gasteiger partial charge on any atom is -0.339 e. The van der Waals surface area contributed by atoms with Crippen LogP contribution in [0.1, 0.15) is 10.4 Å². The Labute approximate surface area is 165 Å². The van der Waals surface area contributed by atoms with E-state index in [1.807, 2.05) is 0 Å². The number of carbonyl (C=O) groups excluding carboxylic acids is 2. The lowest BCUT2D eigenvalue weighted by Crippen LogP contribution is -2.16. The number of benzene rings is 2. The Hall–Kier alpha value is -2.92. The molecular weight excluding hydrogens is 406 g/mol. The van der Waals surface area contributed by atoms with Crippen molar-refractivity contribution < 1.29 is 22.9 Å². The molecule has 28 heavy (non-hydrogen) atoms. The van der Waals surface area contributed by atoms with E-state index < -0.39 is 31.3 Å². The highest BCUT2D eigenvalue weighted by Gasteiger charge is 2.24. The number of thioether (sulfide) groups is 1. The maximum Gasteiger partial charge on any atom is 0.288 e. The van der Waals surface area contributed by atoms with Crippen LogP contribution in [0.2, 0.25) is 0 Å². The van der Waals surface area contributed by atoms with E-state index in [0.717, 1.165) is 30.2 Å². The molecule has 0 heterocycles. The average Bonchev–Trinajstić information content (AvgIpc) is 2.61. The summed E-state index contributed by atoms with van der Waals surface area (Å²) in [5.41, 5.74) is -0.300. The molecule has 0 fully saturated rings. The number of nitro benzene ring substituents is 1. The first-order chi connectivity index (χ1) is 13.0. The van der Waals surface area contributed by atoms with Crippen molar-refractivity contribution in [3.63, 3.8) is 0 Å². The van der Waals surface area contributed by atoms with Gasteiger partial charge in [-0.15, -0.1) is 0 Å². The van der Waals surface area contributed by atoms with Gasteiger partial charge < -0.3 is 10.2 Å². The summed E-state index contributed by atoms with van der Waals surface area (Å²) in [7, 11) is -0.533. The van der Waals surface area contributed by atoms with E-state index in [-0.39, 0.29) is 10.8 Å². The molecule has 0 unspecified atom stereocenters. The van der Waals surface area contributed by atoms with E-state index in [4.69, 9.17) is 0 Å². The van der Waals surface area contributed by atoms with Gasteiger partial charge in [-0.1, -0.05) is 0 Å². The zero-order valence-electron chi connectivity index (χ0n) is 15.2. The van der Waals surface area contributed by atoms with Gasteiger partial charge in [0.1, 0.15) is 4.90 Å². The molecule has 0 saturated carbocycles. The van der Waals surface area contributed by atoms with Gasteiger partial charge in [0.2, 0.25) is 0 Å². The van der Waals surface area contributed by atoms with Crippen LogP contribution in [0.25, 0.3) is 0 Å². The van der Waals surface area contributed by atoms with Gasteiger partial charge in [-0.05, 0) is 48.2 Å². The van der Waals surface area contributed by atoms with Crippen molar-refractivity contribution >= 4 is 44.1 Å². The SMILES string of the molecule is CN(C)C(=O)Sc1ccc(NC(=O)c2ccc(S(C)(=O)=O)c([N+](=O)[O-])c2)cc1. The minimum absolute atomic E-state index is 0.0552. The number of sulfone groups is 1. The predicted octanol–water partition coefficient (Wildman–Crippen LogP) is 3.02. The summed E-state index contributed by atoms with van der Waals surface area (Å²) in [5.74, 6) is -0.632. The van der Waals surface area contributed by atoms with Crippen molar-refractivity contribution in [2.24, 2.45) is 0 Å². The van der Waals surface area contributed by atoms with E-state index in [1.54, 1.807) is 38.4 Å². The molecule has 2 rings (SSSR count). The Kier molecular flexibility index (Phi) is 6.41. The fraction of sp³-hybridized carbons (Fsp3) is 0.176. The van der Waals surface area contributed by atoms with Crippen molar-refractivity contribution in [2.75, 3.05) is 25.7 Å². The third kappa shape index (κ3) is 5.30. The predicted molar refractivity (Wildman–Crippen MR) is 106 cm³/mol. The summed E-state index contributed by atoms with van der Waals surface area (Å²) >= 11 is 1.03. The van der Waals surface area contributed by atoms with Crippen molar-refractivity contribution in [3.8, 4) is 0 Å². The number of rotatable bonds is 5. The van der Waals surface area contributed by atoms with Gasteiger partial charge in [0.05, 0.1) is 4.92 Å². The van der Waals surface area contributed by atoms with Crippen LogP contribution in [0.4, 0.5) is 16.2 Å². The summed E-state index contributed by atoms with van der Waals surface area (Å²) in [6.45, 7) is 0. The van der Waals surface area contributed by atoms with Gasteiger partial charge in [0.15, 0.2) is 9.84 Å². The highest BCUT2D eigenvalue weighted by Crippen LogP contribution is 2.26. The molecule has 0 bridgehead atoms. The first-order valence-corrected chi connectivity index (χ1v) is 10.5. The molecule has 2 aromatic rings. The van der Waals surface area contributed by atoms with Gasteiger partial charge in [0.25, 0.3) is 16.8 Å². The fourth-order valence-electron chi connectivity index (χ4n) is 2.12. The van der Waals surface area contributed by atoms with Crippen LogP contribution in [0.15, 0.2) is 52.3 Å². The molecular formula is C17H17N3O6S2. The monoisotopic (exact) mass is 423 g/mol. The molecule has 2 aromatic carbocycles. The molecule has 11 heteroatoms. The largest absolute Gasteiger partial charge is 0.339 e. The van der Waals surface area contributed by atoms with Gasteiger partial charge in [-0.3, -0.25) is 19.7 Å². The first kappa shape index (κ1) is 21.4. The normalized spacial score (nSPS) is 11.0. The number of nitrogens with one attached hydrogen (secondary N) is 1. The molecule has 9 nitrogen and oxygen atoms in total. The van der Waals surface area contributed by atoms with E-state index in [0.29, 0.717) is 10.6 Å². The van der Waals surface area contributed by atoms with Gasteiger partial charge >= 0.3 is 0 Å². The summed E-state index contributed by atoms with van der Waals surface area (Å²) in [4.78, 5) is 36.0. The standard InChI is InChI=1S/C17H17N3O6S2/c1-19(2)17(22)27-13-7-5-12(6-8-13)18-16(21)11-4-9-15(28(3,25)26)14(10-11)20(23)24/h4-10H,1-3H3,(H,18,21). The van der Waals surface area contributed by atoms with Crippen LogP contribution in [0.5, 0.6) is 0 Å². The van der Waals surface area contributed by atoms with Crippen LogP contribution in [0.3, 0.4) is 0 Å². The van der Waals surface area contributed by atoms with Crippen molar-refractivity contribution in [1.29, 1.82) is 0 Å². The van der Waals surface area contributed by atoms with E-state index in [9.17, 15) is 28.1 Å². The number of hydrogen-bond donors (Lipinski definition) is 1. The lowest BCUT2D eigenvalue weighted by molar-refractivity contribution is -0.387. The van der Waals surface area contributed by atoms with E-state index in [1.165, 1.54) is 11.0 Å². The quantitative estimate of drug-likeness (QED) is 0.445. The zero-order chi connectivity index (χ0) is 21.1. The van der Waals surface area contributed by atoms with Crippen molar-refractivity contribution in [1.82, 2.24) is 4.90 Å². The third-order valence-corrected chi connectivity index (χ3v) is 5.69. The molecule has 0 aliphatic heterocycles. The molecule has 0 aliphatic carbocycles. The molecule has 0 spiro atoms. The minimum atomic E-state index is -3.81. The van der Waals surface area contributed by atoms with Crippen LogP contribution in [0, 0.1) is 10.1 Å². The third-order valence-electron chi connectivity index (χ3n) is 3.50. The summed E-state index contributed by atoms with van der Waals surface area (Å²) in [6, 6.07) is 9.64. The summed E-state index contributed by atoms with van der Waals surface area (Å²) in [6.07, 6.45) is 0.857. The smallest absolute Gasteiger partial charge is 0.288 e. The lowest BCUT2D eigenvalue weighted by Gasteiger charge is -2.10. The number of carbonyl (C=O) groups is 2. The molecule has 1 N–H and O–H groups in total. The maximum atomic E-state index is 12.4. The van der Waals surface area contributed by atoms with Gasteiger partial charge in [-0.2, -0.15) is 0 Å². The van der Waals surface area contributed by atoms with Crippen LogP contribution in [-0.2, 0) is 9.84 Å². The molecule has 0 aromatic heterocycles. The number of nitrogens with zero attached hydrogens (tertiary/aromatic N) is 2. The Balaban J connectivity index is 2.20. The molecule has 0 aliphatic rings. The second kappa shape index (κ2) is 8.40. The number of anilines is 1. The van der Waals surface area contributed by atoms with Crippen LogP contribution in [-0.4, -0.2) is 49.7 Å². The van der Waals surface area contributed by atoms with E-state index in [2.05, 4.69) is 5.32 Å². The summed E-state index contributed by atoms with van der Waals surface area (Å²) < 4.78 is 23.3.